The Balaban J connectivity index is 1.12. The maximum absolute atomic E-state index is 13.8. The van der Waals surface area contributed by atoms with Crippen LogP contribution in [0.15, 0.2) is 0 Å². The van der Waals surface area contributed by atoms with Crippen LogP contribution in [0.3, 0.4) is 0 Å². The first-order valence-corrected chi connectivity index (χ1v) is 17.4. The Morgan fingerprint density at radius 1 is 0.833 bits per heavy atom. The van der Waals surface area contributed by atoms with Gasteiger partial charge in [0.1, 0.15) is 17.0 Å². The average molecular weight is 585 g/mol. The summed E-state index contributed by atoms with van der Waals surface area (Å²) >= 11 is 0. The van der Waals surface area contributed by atoms with Crippen LogP contribution in [-0.2, 0) is 23.9 Å². The molecule has 6 atom stereocenters. The van der Waals surface area contributed by atoms with E-state index in [1.807, 2.05) is 13.8 Å². The van der Waals surface area contributed by atoms with E-state index < -0.39 is 22.7 Å². The van der Waals surface area contributed by atoms with E-state index in [2.05, 4.69) is 27.7 Å². The second-order valence-corrected chi connectivity index (χ2v) is 16.8. The van der Waals surface area contributed by atoms with E-state index in [0.717, 1.165) is 77.0 Å². The molecule has 0 aliphatic heterocycles. The summed E-state index contributed by atoms with van der Waals surface area (Å²) in [4.78, 5) is 40.3. The van der Waals surface area contributed by atoms with Crippen molar-refractivity contribution in [1.82, 2.24) is 0 Å². The first kappa shape index (κ1) is 30.6. The smallest absolute Gasteiger partial charge is 0.309 e. The van der Waals surface area contributed by atoms with E-state index in [1.54, 1.807) is 0 Å². The Morgan fingerprint density at radius 3 is 1.93 bits per heavy atom. The quantitative estimate of drug-likeness (QED) is 0.259. The average Bonchev–Trinajstić information content (AvgIpc) is 2.90. The lowest BCUT2D eigenvalue weighted by Crippen LogP contribution is -2.64. The molecule has 0 saturated heterocycles. The van der Waals surface area contributed by atoms with Gasteiger partial charge in [0.15, 0.2) is 0 Å². The van der Waals surface area contributed by atoms with Gasteiger partial charge in [0, 0.05) is 22.7 Å². The van der Waals surface area contributed by atoms with Gasteiger partial charge in [-0.25, -0.2) is 0 Å². The molecule has 8 saturated carbocycles. The molecule has 6 unspecified atom stereocenters. The highest BCUT2D eigenvalue weighted by atomic mass is 16.6. The van der Waals surface area contributed by atoms with Crippen LogP contribution >= 0.6 is 0 Å². The highest BCUT2D eigenvalue weighted by Crippen LogP contribution is 2.67. The Kier molecular flexibility index (Phi) is 7.51. The van der Waals surface area contributed by atoms with Crippen LogP contribution < -0.4 is 0 Å². The zero-order chi connectivity index (χ0) is 30.3. The number of carbonyl (C=O) groups is 3. The van der Waals surface area contributed by atoms with Gasteiger partial charge in [0.2, 0.25) is 0 Å². The number of carbonyl (C=O) groups excluding carboxylic acids is 3. The van der Waals surface area contributed by atoms with E-state index in [9.17, 15) is 19.5 Å². The minimum atomic E-state index is -0.643. The second-order valence-electron chi connectivity index (χ2n) is 16.8. The highest BCUT2D eigenvalue weighted by Gasteiger charge is 2.65. The first-order valence-electron chi connectivity index (χ1n) is 17.4. The number of Topliss-reactive ketones (excluding diaryl/α,β-unsaturated/α-hetero) is 1. The van der Waals surface area contributed by atoms with E-state index in [-0.39, 0.29) is 40.5 Å². The Labute approximate surface area is 253 Å². The zero-order valence-electron chi connectivity index (χ0n) is 27.1. The van der Waals surface area contributed by atoms with Crippen molar-refractivity contribution in [2.75, 3.05) is 0 Å². The summed E-state index contributed by atoms with van der Waals surface area (Å²) in [6.07, 6.45) is 13.1. The third-order valence-corrected chi connectivity index (χ3v) is 13.9. The molecule has 6 nitrogen and oxygen atoms in total. The predicted octanol–water partition coefficient (Wildman–Crippen LogP) is 7.19. The molecule has 42 heavy (non-hydrogen) atoms. The maximum atomic E-state index is 13.8. The lowest BCUT2D eigenvalue weighted by atomic mass is 9.43. The molecular weight excluding hydrogens is 528 g/mol. The van der Waals surface area contributed by atoms with Crippen molar-refractivity contribution >= 4 is 17.7 Å². The summed E-state index contributed by atoms with van der Waals surface area (Å²) in [5.41, 5.74) is -2.11. The SMILES string of the molecule is CCC(CC(C)C(=O)OC(CC)(CC)C12CC3CC(CC(O)(C3)C1)C2)C(=O)OC(C)(C)C12CC3CC(C1)C(=O)C(C3)C2. The minimum Gasteiger partial charge on any atom is -0.459 e. The van der Waals surface area contributed by atoms with Gasteiger partial charge in [-0.05, 0) is 128 Å². The third-order valence-electron chi connectivity index (χ3n) is 13.9. The molecule has 8 rings (SSSR count). The minimum absolute atomic E-state index is 0.125. The molecule has 8 aliphatic rings. The van der Waals surface area contributed by atoms with Crippen LogP contribution in [-0.4, -0.2) is 39.6 Å². The molecule has 0 heterocycles. The van der Waals surface area contributed by atoms with Crippen molar-refractivity contribution in [2.45, 2.75) is 155 Å². The number of aliphatic hydroxyl groups is 1. The van der Waals surface area contributed by atoms with Crippen LogP contribution in [0.25, 0.3) is 0 Å². The molecule has 8 fully saturated rings. The van der Waals surface area contributed by atoms with Crippen molar-refractivity contribution in [2.24, 2.45) is 52.3 Å². The van der Waals surface area contributed by atoms with Gasteiger partial charge in [-0.1, -0.05) is 27.7 Å². The van der Waals surface area contributed by atoms with Crippen molar-refractivity contribution in [1.29, 1.82) is 0 Å². The van der Waals surface area contributed by atoms with E-state index in [4.69, 9.17) is 9.47 Å². The molecule has 0 aromatic rings. The van der Waals surface area contributed by atoms with Gasteiger partial charge in [-0.2, -0.15) is 0 Å². The summed E-state index contributed by atoms with van der Waals surface area (Å²) in [6, 6.07) is 0. The maximum Gasteiger partial charge on any atom is 0.309 e. The number of hydrogen-bond donors (Lipinski definition) is 1. The molecule has 236 valence electrons. The molecule has 0 radical (unpaired) electrons. The monoisotopic (exact) mass is 584 g/mol. The van der Waals surface area contributed by atoms with E-state index >= 15 is 0 Å². The fraction of sp³-hybridized carbons (Fsp3) is 0.917. The van der Waals surface area contributed by atoms with Crippen molar-refractivity contribution < 1.29 is 29.0 Å². The first-order chi connectivity index (χ1) is 19.7. The molecule has 0 aromatic carbocycles. The van der Waals surface area contributed by atoms with Gasteiger partial charge in [-0.3, -0.25) is 14.4 Å². The van der Waals surface area contributed by atoms with Gasteiger partial charge in [-0.15, -0.1) is 0 Å². The fourth-order valence-electron chi connectivity index (χ4n) is 12.2. The third kappa shape index (κ3) is 4.70. The lowest BCUT2D eigenvalue weighted by molar-refractivity contribution is -0.245. The Bertz CT molecular complexity index is 1070. The number of esters is 2. The topological polar surface area (TPSA) is 89.9 Å². The molecule has 0 spiro atoms. The largest absolute Gasteiger partial charge is 0.459 e. The molecular formula is C36H56O6. The van der Waals surface area contributed by atoms with Gasteiger partial charge in [0.05, 0.1) is 17.4 Å². The summed E-state index contributed by atoms with van der Waals surface area (Å²) in [5, 5.41) is 11.4. The molecule has 0 aromatic heterocycles. The predicted molar refractivity (Wildman–Crippen MR) is 160 cm³/mol. The van der Waals surface area contributed by atoms with Crippen molar-refractivity contribution in [3.05, 3.63) is 0 Å². The van der Waals surface area contributed by atoms with Crippen molar-refractivity contribution in [3.63, 3.8) is 0 Å². The number of ketones is 1. The molecule has 8 bridgehead atoms. The number of ether oxygens (including phenoxy) is 2. The highest BCUT2D eigenvalue weighted by molar-refractivity contribution is 5.86. The lowest BCUT2D eigenvalue weighted by Gasteiger charge is -2.65. The number of rotatable bonds is 11. The van der Waals surface area contributed by atoms with E-state index in [1.165, 1.54) is 6.42 Å². The van der Waals surface area contributed by atoms with Crippen LogP contribution in [0.2, 0.25) is 0 Å². The Hall–Kier alpha value is -1.43. The van der Waals surface area contributed by atoms with Crippen LogP contribution in [0, 0.1) is 52.3 Å². The molecule has 6 heteroatoms. The standard InChI is InChI=1S/C36H56O6/c1-7-26(31(39)41-32(5,6)33-14-23-12-27(19-33)29(37)28(13-23)20-33)10-22(4)30(38)42-36(8-2,9-3)34-15-24-11-25(16-34)18-35(40,17-24)21-34/h22-28,40H,7-21H2,1-6H3. The fourth-order valence-corrected chi connectivity index (χ4v) is 12.2. The summed E-state index contributed by atoms with van der Waals surface area (Å²) in [7, 11) is 0. The van der Waals surface area contributed by atoms with Crippen LogP contribution in [0.4, 0.5) is 0 Å². The van der Waals surface area contributed by atoms with E-state index in [0.29, 0.717) is 36.4 Å². The van der Waals surface area contributed by atoms with Crippen LogP contribution in [0.1, 0.15) is 138 Å². The van der Waals surface area contributed by atoms with Crippen LogP contribution in [0.5, 0.6) is 0 Å². The summed E-state index contributed by atoms with van der Waals surface area (Å²) in [5.74, 6) is 1.12. The Morgan fingerprint density at radius 2 is 1.40 bits per heavy atom. The van der Waals surface area contributed by atoms with Gasteiger partial charge in [0.25, 0.3) is 0 Å². The molecule has 1 N–H and O–H groups in total. The summed E-state index contributed by atoms with van der Waals surface area (Å²) < 4.78 is 13.0. The second kappa shape index (κ2) is 10.3. The van der Waals surface area contributed by atoms with Gasteiger partial charge >= 0.3 is 11.9 Å². The molecule has 0 amide bonds. The zero-order valence-corrected chi connectivity index (χ0v) is 27.1. The summed E-state index contributed by atoms with van der Waals surface area (Å²) in [6.45, 7) is 12.3. The normalized spacial score (nSPS) is 41.6. The number of hydrogen-bond acceptors (Lipinski definition) is 6. The van der Waals surface area contributed by atoms with Crippen molar-refractivity contribution in [3.8, 4) is 0 Å². The van der Waals surface area contributed by atoms with Gasteiger partial charge < -0.3 is 14.6 Å². The molecule has 8 aliphatic carbocycles.